The molecule has 0 fully saturated rings. The first kappa shape index (κ1) is 13.8. The predicted octanol–water partition coefficient (Wildman–Crippen LogP) is 3.32. The smallest absolute Gasteiger partial charge is 0.169 e. The van der Waals surface area contributed by atoms with Crippen LogP contribution in [0.25, 0.3) is 0 Å². The Morgan fingerprint density at radius 3 is 2.68 bits per heavy atom. The van der Waals surface area contributed by atoms with E-state index < -0.39 is 0 Å². The summed E-state index contributed by atoms with van der Waals surface area (Å²) >= 11 is 7.44. The fourth-order valence-electron chi connectivity index (χ4n) is 1.74. The maximum atomic E-state index is 9.28. The van der Waals surface area contributed by atoms with E-state index >= 15 is 0 Å². The zero-order chi connectivity index (χ0) is 14.0. The van der Waals surface area contributed by atoms with E-state index in [2.05, 4.69) is 16.3 Å². The van der Waals surface area contributed by atoms with Crippen molar-refractivity contribution in [1.29, 1.82) is 5.26 Å². The molecule has 2 rings (SSSR count). The van der Waals surface area contributed by atoms with Gasteiger partial charge in [0.25, 0.3) is 0 Å². The minimum Gasteiger partial charge on any atom is -0.352 e. The summed E-state index contributed by atoms with van der Waals surface area (Å²) < 4.78 is 0.759. The summed E-state index contributed by atoms with van der Waals surface area (Å²) in [5, 5.41) is 17.5. The van der Waals surface area contributed by atoms with Crippen LogP contribution in [-0.4, -0.2) is 17.2 Å². The Morgan fingerprint density at radius 2 is 2.11 bits per heavy atom. The molecule has 0 N–H and O–H groups in total. The van der Waals surface area contributed by atoms with Gasteiger partial charge in [0.05, 0.1) is 16.6 Å². The van der Waals surface area contributed by atoms with Crippen LogP contribution in [0.3, 0.4) is 0 Å². The van der Waals surface area contributed by atoms with Crippen LogP contribution in [0.5, 0.6) is 0 Å². The van der Waals surface area contributed by atoms with Crippen molar-refractivity contribution >= 4 is 28.8 Å². The highest BCUT2D eigenvalue weighted by Gasteiger charge is 2.15. The van der Waals surface area contributed by atoms with Crippen molar-refractivity contribution in [2.24, 2.45) is 0 Å². The van der Waals surface area contributed by atoms with Gasteiger partial charge in [-0.2, -0.15) is 10.4 Å². The molecule has 2 aromatic heterocycles. The van der Waals surface area contributed by atoms with Gasteiger partial charge in [0.15, 0.2) is 5.82 Å². The van der Waals surface area contributed by atoms with Crippen LogP contribution in [0.15, 0.2) is 12.1 Å². The van der Waals surface area contributed by atoms with Crippen LogP contribution in [-0.2, 0) is 6.54 Å². The minimum absolute atomic E-state index is 0.581. The van der Waals surface area contributed by atoms with Crippen molar-refractivity contribution in [3.63, 3.8) is 0 Å². The lowest BCUT2D eigenvalue weighted by Crippen LogP contribution is -2.20. The number of aryl methyl sites for hydroxylation is 1. The molecule has 0 saturated heterocycles. The molecule has 0 bridgehead atoms. The second kappa shape index (κ2) is 5.55. The Bertz CT molecular complexity index is 645. The van der Waals surface area contributed by atoms with Gasteiger partial charge < -0.3 is 4.90 Å². The number of rotatable bonds is 3. The molecule has 2 heterocycles. The largest absolute Gasteiger partial charge is 0.352 e. The number of thiophene rings is 1. The third-order valence-electron chi connectivity index (χ3n) is 2.93. The van der Waals surface area contributed by atoms with Crippen molar-refractivity contribution in [2.75, 3.05) is 11.9 Å². The van der Waals surface area contributed by atoms with Gasteiger partial charge in [-0.25, -0.2) is 0 Å². The van der Waals surface area contributed by atoms with Crippen molar-refractivity contribution < 1.29 is 0 Å². The third kappa shape index (κ3) is 2.86. The number of nitriles is 1. The van der Waals surface area contributed by atoms with Gasteiger partial charge in [0.2, 0.25) is 0 Å². The first-order valence-corrected chi connectivity index (χ1v) is 6.91. The minimum atomic E-state index is 0.581. The van der Waals surface area contributed by atoms with E-state index in [4.69, 9.17) is 11.6 Å². The Morgan fingerprint density at radius 1 is 1.37 bits per heavy atom. The molecule has 0 radical (unpaired) electrons. The van der Waals surface area contributed by atoms with E-state index in [9.17, 15) is 5.26 Å². The van der Waals surface area contributed by atoms with Gasteiger partial charge in [0.1, 0.15) is 11.6 Å². The molecular formula is C13H13ClN4S. The fraction of sp³-hybridized carbons (Fsp3) is 0.308. The zero-order valence-electron chi connectivity index (χ0n) is 10.9. The first-order valence-electron chi connectivity index (χ1n) is 5.72. The van der Waals surface area contributed by atoms with E-state index in [-0.39, 0.29) is 0 Å². The normalized spacial score (nSPS) is 10.3. The highest BCUT2D eigenvalue weighted by Crippen LogP contribution is 2.26. The highest BCUT2D eigenvalue weighted by molar-refractivity contribution is 7.16. The number of halogens is 1. The van der Waals surface area contributed by atoms with E-state index in [1.54, 1.807) is 0 Å². The zero-order valence-corrected chi connectivity index (χ0v) is 12.5. The molecule has 19 heavy (non-hydrogen) atoms. The molecule has 0 spiro atoms. The van der Waals surface area contributed by atoms with Crippen LogP contribution in [0, 0.1) is 25.2 Å². The maximum absolute atomic E-state index is 9.28. The summed E-state index contributed by atoms with van der Waals surface area (Å²) in [6.07, 6.45) is 0. The highest BCUT2D eigenvalue weighted by atomic mass is 35.5. The summed E-state index contributed by atoms with van der Waals surface area (Å²) in [6, 6.07) is 6.05. The second-order valence-electron chi connectivity index (χ2n) is 4.28. The molecule has 4 nitrogen and oxygen atoms in total. The van der Waals surface area contributed by atoms with Crippen molar-refractivity contribution in [1.82, 2.24) is 10.2 Å². The van der Waals surface area contributed by atoms with Gasteiger partial charge in [-0.05, 0) is 31.5 Å². The Hall–Kier alpha value is -1.64. The fourth-order valence-corrected chi connectivity index (χ4v) is 2.88. The lowest BCUT2D eigenvalue weighted by atomic mass is 10.1. The van der Waals surface area contributed by atoms with E-state index in [0.29, 0.717) is 17.9 Å². The summed E-state index contributed by atoms with van der Waals surface area (Å²) in [4.78, 5) is 3.04. The summed E-state index contributed by atoms with van der Waals surface area (Å²) in [7, 11) is 1.90. The van der Waals surface area contributed by atoms with Crippen LogP contribution >= 0.6 is 22.9 Å². The maximum Gasteiger partial charge on any atom is 0.169 e. The van der Waals surface area contributed by atoms with Crippen molar-refractivity contribution in [2.45, 2.75) is 20.4 Å². The SMILES string of the molecule is Cc1nnc(N(C)Cc2ccc(Cl)s2)c(C#N)c1C. The van der Waals surface area contributed by atoms with Crippen LogP contribution in [0.4, 0.5) is 5.82 Å². The Labute approximate surface area is 121 Å². The third-order valence-corrected chi connectivity index (χ3v) is 4.15. The molecule has 0 aromatic carbocycles. The van der Waals surface area contributed by atoms with Crippen LogP contribution in [0.1, 0.15) is 21.7 Å². The topological polar surface area (TPSA) is 52.8 Å². The van der Waals surface area contributed by atoms with Gasteiger partial charge >= 0.3 is 0 Å². The number of hydrogen-bond donors (Lipinski definition) is 0. The van der Waals surface area contributed by atoms with E-state index in [1.807, 2.05) is 37.9 Å². The molecule has 0 atom stereocenters. The molecule has 98 valence electrons. The Kier molecular flexibility index (Phi) is 4.03. The van der Waals surface area contributed by atoms with Gasteiger partial charge in [-0.3, -0.25) is 0 Å². The Balaban J connectivity index is 2.32. The molecular weight excluding hydrogens is 280 g/mol. The standard InChI is InChI=1S/C13H13ClN4S/c1-8-9(2)16-17-13(11(8)6-15)18(3)7-10-4-5-12(14)19-10/h4-5H,7H2,1-3H3. The van der Waals surface area contributed by atoms with Crippen LogP contribution in [0.2, 0.25) is 4.34 Å². The lowest BCUT2D eigenvalue weighted by Gasteiger charge is -2.19. The molecule has 0 unspecified atom stereocenters. The van der Waals surface area contributed by atoms with Gasteiger partial charge in [-0.1, -0.05) is 11.6 Å². The van der Waals surface area contributed by atoms with Crippen molar-refractivity contribution in [3.8, 4) is 6.07 Å². The average Bonchev–Trinajstić information content (AvgIpc) is 2.77. The monoisotopic (exact) mass is 292 g/mol. The molecule has 0 amide bonds. The second-order valence-corrected chi connectivity index (χ2v) is 6.08. The summed E-state index contributed by atoms with van der Waals surface area (Å²) in [6.45, 7) is 4.40. The summed E-state index contributed by atoms with van der Waals surface area (Å²) in [5.74, 6) is 0.607. The van der Waals surface area contributed by atoms with Crippen molar-refractivity contribution in [3.05, 3.63) is 38.2 Å². The molecule has 0 aliphatic heterocycles. The molecule has 0 aliphatic carbocycles. The number of hydrogen-bond acceptors (Lipinski definition) is 5. The predicted molar refractivity (Wildman–Crippen MR) is 77.7 cm³/mol. The van der Waals surface area contributed by atoms with Crippen LogP contribution < -0.4 is 4.90 Å². The molecule has 0 saturated carbocycles. The molecule has 2 aromatic rings. The quantitative estimate of drug-likeness (QED) is 0.871. The number of anilines is 1. The first-order chi connectivity index (χ1) is 9.02. The number of aromatic nitrogens is 2. The molecule has 0 aliphatic rings. The average molecular weight is 293 g/mol. The van der Waals surface area contributed by atoms with Gasteiger partial charge in [0, 0.05) is 11.9 Å². The summed E-state index contributed by atoms with van der Waals surface area (Å²) in [5.41, 5.74) is 2.24. The van der Waals surface area contributed by atoms with Gasteiger partial charge in [-0.15, -0.1) is 16.4 Å². The van der Waals surface area contributed by atoms with E-state index in [0.717, 1.165) is 20.5 Å². The molecule has 6 heteroatoms. The number of nitrogens with zero attached hydrogens (tertiary/aromatic N) is 4. The lowest BCUT2D eigenvalue weighted by molar-refractivity contribution is 0.854. The van der Waals surface area contributed by atoms with E-state index in [1.165, 1.54) is 11.3 Å².